The Morgan fingerprint density at radius 2 is 1.91 bits per heavy atom. The highest BCUT2D eigenvalue weighted by atomic mass is 19.4. The highest BCUT2D eigenvalue weighted by molar-refractivity contribution is 5.90. The first-order chi connectivity index (χ1) is 16.8. The van der Waals surface area contributed by atoms with Crippen LogP contribution in [0, 0.1) is 0 Å². The normalized spacial score (nSPS) is 19.3. The lowest BCUT2D eigenvalue weighted by atomic mass is 10.1. The number of aromatic nitrogens is 2. The van der Waals surface area contributed by atoms with Gasteiger partial charge in [0, 0.05) is 50.7 Å². The molecule has 2 aliphatic rings. The molecule has 0 aliphatic carbocycles. The molecular weight excluding hydrogens is 463 g/mol. The van der Waals surface area contributed by atoms with Gasteiger partial charge in [-0.3, -0.25) is 14.8 Å². The molecule has 0 N–H and O–H groups in total. The highest BCUT2D eigenvalue weighted by Gasteiger charge is 2.36. The minimum atomic E-state index is -4.47. The van der Waals surface area contributed by atoms with Gasteiger partial charge >= 0.3 is 12.3 Å². The van der Waals surface area contributed by atoms with Gasteiger partial charge in [-0.2, -0.15) is 13.2 Å². The monoisotopic (exact) mass is 487 g/mol. The number of ether oxygens (including phenoxy) is 2. The van der Waals surface area contributed by atoms with Gasteiger partial charge in [-0.25, -0.2) is 9.78 Å². The van der Waals surface area contributed by atoms with Gasteiger partial charge in [0.05, 0.1) is 30.4 Å². The molecule has 2 aromatic heterocycles. The minimum Gasteiger partial charge on any atom is -0.481 e. The van der Waals surface area contributed by atoms with Crippen LogP contribution in [0.3, 0.4) is 0 Å². The average molecular weight is 487 g/mol. The van der Waals surface area contributed by atoms with Gasteiger partial charge in [0.25, 0.3) is 0 Å². The van der Waals surface area contributed by atoms with Crippen molar-refractivity contribution >= 4 is 28.5 Å². The Morgan fingerprint density at radius 3 is 2.66 bits per heavy atom. The second-order valence-electron chi connectivity index (χ2n) is 8.50. The fourth-order valence-corrected chi connectivity index (χ4v) is 4.50. The summed E-state index contributed by atoms with van der Waals surface area (Å²) in [6.07, 6.45) is -3.76. The summed E-state index contributed by atoms with van der Waals surface area (Å²) < 4.78 is 49.9. The number of amides is 1. The molecule has 1 aromatic carbocycles. The van der Waals surface area contributed by atoms with Crippen molar-refractivity contribution < 1.29 is 27.4 Å². The summed E-state index contributed by atoms with van der Waals surface area (Å²) in [7, 11) is 1.58. The number of methoxy groups -OCH3 is 1. The predicted octanol–water partition coefficient (Wildman–Crippen LogP) is 3.80. The molecule has 0 bridgehead atoms. The second-order valence-corrected chi connectivity index (χ2v) is 8.50. The van der Waals surface area contributed by atoms with Crippen molar-refractivity contribution in [3.05, 3.63) is 54.2 Å². The van der Waals surface area contributed by atoms with E-state index in [2.05, 4.69) is 19.8 Å². The highest BCUT2D eigenvalue weighted by Crippen LogP contribution is 2.33. The fourth-order valence-electron chi connectivity index (χ4n) is 4.50. The maximum absolute atomic E-state index is 13.1. The Bertz CT molecular complexity index is 1230. The number of rotatable bonds is 5. The summed E-state index contributed by atoms with van der Waals surface area (Å²) >= 11 is 0. The molecule has 4 heterocycles. The predicted molar refractivity (Wildman–Crippen MR) is 124 cm³/mol. The third-order valence-electron chi connectivity index (χ3n) is 6.28. The zero-order valence-electron chi connectivity index (χ0n) is 19.0. The zero-order valence-corrected chi connectivity index (χ0v) is 19.0. The van der Waals surface area contributed by atoms with Crippen LogP contribution in [-0.4, -0.2) is 73.4 Å². The molecule has 1 atom stereocenters. The molecule has 2 saturated heterocycles. The van der Waals surface area contributed by atoms with Gasteiger partial charge in [0.15, 0.2) is 0 Å². The van der Waals surface area contributed by atoms with Crippen molar-refractivity contribution in [3.63, 3.8) is 0 Å². The van der Waals surface area contributed by atoms with E-state index >= 15 is 0 Å². The van der Waals surface area contributed by atoms with Gasteiger partial charge in [-0.05, 0) is 30.3 Å². The molecule has 5 rings (SSSR count). The molecule has 8 nitrogen and oxygen atoms in total. The quantitative estimate of drug-likeness (QED) is 0.542. The number of hydrogen-bond acceptors (Lipinski definition) is 7. The van der Waals surface area contributed by atoms with Crippen molar-refractivity contribution in [1.29, 1.82) is 0 Å². The first kappa shape index (κ1) is 23.2. The number of pyridine rings is 2. The van der Waals surface area contributed by atoms with E-state index in [0.29, 0.717) is 12.4 Å². The lowest BCUT2D eigenvalue weighted by Crippen LogP contribution is -2.49. The number of hydrogen-bond donors (Lipinski definition) is 0. The van der Waals surface area contributed by atoms with Crippen molar-refractivity contribution in [2.75, 3.05) is 56.2 Å². The fraction of sp³-hybridized carbons (Fsp3) is 0.375. The third kappa shape index (κ3) is 4.81. The average Bonchev–Trinajstić information content (AvgIpc) is 3.23. The van der Waals surface area contributed by atoms with Gasteiger partial charge in [0.1, 0.15) is 11.6 Å². The molecule has 2 fully saturated rings. The van der Waals surface area contributed by atoms with Gasteiger partial charge in [-0.15, -0.1) is 0 Å². The molecule has 3 aromatic rings. The molecular formula is C24H24F3N5O3. The number of carbonyl (C=O) groups excluding carboxylic acids is 1. The minimum absolute atomic E-state index is 0.185. The van der Waals surface area contributed by atoms with Crippen LogP contribution < -0.4 is 14.5 Å². The summed E-state index contributed by atoms with van der Waals surface area (Å²) in [5.74, 6) is 0.527. The van der Waals surface area contributed by atoms with Crippen LogP contribution >= 0.6 is 0 Å². The molecule has 1 amide bonds. The number of benzene rings is 1. The van der Waals surface area contributed by atoms with Gasteiger partial charge in [0.2, 0.25) is 5.88 Å². The molecule has 0 saturated carbocycles. The molecule has 0 spiro atoms. The molecule has 35 heavy (non-hydrogen) atoms. The number of cyclic esters (lactones) is 1. The smallest absolute Gasteiger partial charge is 0.416 e. The topological polar surface area (TPSA) is 71.0 Å². The lowest BCUT2D eigenvalue weighted by molar-refractivity contribution is -0.137. The largest absolute Gasteiger partial charge is 0.481 e. The van der Waals surface area contributed by atoms with Crippen LogP contribution in [0.1, 0.15) is 5.56 Å². The van der Waals surface area contributed by atoms with Crippen LogP contribution in [0.2, 0.25) is 0 Å². The van der Waals surface area contributed by atoms with Crippen molar-refractivity contribution in [2.45, 2.75) is 12.3 Å². The number of fused-ring (bicyclic) bond motifs is 1. The second kappa shape index (κ2) is 9.21. The standard InChI is InChI=1S/C24H24F3N5O3/c1-34-21-6-5-19-22(29-21)20(7-8-28-19)31-11-9-30(10-12-31)14-18-15-32(23(33)35-18)17-4-2-3-16(13-17)24(25,26)27/h2-8,13,18H,9-12,14-15H2,1H3/t18-/m1/s1. The Balaban J connectivity index is 1.21. The molecule has 0 unspecified atom stereocenters. The summed E-state index contributed by atoms with van der Waals surface area (Å²) in [6, 6.07) is 10.3. The number of anilines is 2. The summed E-state index contributed by atoms with van der Waals surface area (Å²) in [6.45, 7) is 3.69. The number of piperazine rings is 1. The number of alkyl halides is 3. The summed E-state index contributed by atoms with van der Waals surface area (Å²) in [5.41, 5.74) is 1.94. The molecule has 11 heteroatoms. The zero-order chi connectivity index (χ0) is 24.6. The molecule has 2 aliphatic heterocycles. The third-order valence-corrected chi connectivity index (χ3v) is 6.28. The van der Waals surface area contributed by atoms with E-state index in [-0.39, 0.29) is 12.2 Å². The van der Waals surface area contributed by atoms with Gasteiger partial charge in [-0.1, -0.05) is 6.07 Å². The molecule has 0 radical (unpaired) electrons. The number of halogens is 3. The van der Waals surface area contributed by atoms with Crippen LogP contribution in [0.25, 0.3) is 11.0 Å². The van der Waals surface area contributed by atoms with Gasteiger partial charge < -0.3 is 14.4 Å². The Hall–Kier alpha value is -3.60. The van der Waals surface area contributed by atoms with Crippen molar-refractivity contribution in [1.82, 2.24) is 14.9 Å². The van der Waals surface area contributed by atoms with E-state index in [0.717, 1.165) is 55.0 Å². The Kier molecular flexibility index (Phi) is 6.10. The van der Waals surface area contributed by atoms with Crippen LogP contribution in [0.15, 0.2) is 48.7 Å². The van der Waals surface area contributed by atoms with Crippen LogP contribution in [0.5, 0.6) is 5.88 Å². The van der Waals surface area contributed by atoms with Crippen molar-refractivity contribution in [3.8, 4) is 5.88 Å². The summed E-state index contributed by atoms with van der Waals surface area (Å²) in [5, 5.41) is 0. The van der Waals surface area contributed by atoms with Crippen LogP contribution in [-0.2, 0) is 10.9 Å². The lowest BCUT2D eigenvalue weighted by Gasteiger charge is -2.36. The Labute approximate surface area is 199 Å². The van der Waals surface area contributed by atoms with E-state index in [9.17, 15) is 18.0 Å². The van der Waals surface area contributed by atoms with Crippen LogP contribution in [0.4, 0.5) is 29.3 Å². The van der Waals surface area contributed by atoms with Crippen molar-refractivity contribution in [2.24, 2.45) is 0 Å². The van der Waals surface area contributed by atoms with E-state index in [4.69, 9.17) is 9.47 Å². The number of nitrogens with zero attached hydrogens (tertiary/aromatic N) is 5. The van der Waals surface area contributed by atoms with E-state index in [1.54, 1.807) is 19.4 Å². The Morgan fingerprint density at radius 1 is 1.11 bits per heavy atom. The number of carbonyl (C=O) groups is 1. The summed E-state index contributed by atoms with van der Waals surface area (Å²) in [4.78, 5) is 27.0. The first-order valence-electron chi connectivity index (χ1n) is 11.2. The molecule has 184 valence electrons. The first-order valence-corrected chi connectivity index (χ1v) is 11.2. The van der Waals surface area contributed by atoms with E-state index in [1.165, 1.54) is 17.0 Å². The van der Waals surface area contributed by atoms with E-state index in [1.807, 2.05) is 12.1 Å². The SMILES string of the molecule is COc1ccc2nccc(N3CCN(C[C@@H]4CN(c5cccc(C(F)(F)F)c5)C(=O)O4)CC3)c2n1. The maximum Gasteiger partial charge on any atom is 0.416 e. The maximum atomic E-state index is 13.1. The van der Waals surface area contributed by atoms with E-state index < -0.39 is 23.9 Å².